The number of hydrogen-bond donors (Lipinski definition) is 0. The summed E-state index contributed by atoms with van der Waals surface area (Å²) in [6.45, 7) is 2.01. The topological polar surface area (TPSA) is 43.4 Å². The van der Waals surface area contributed by atoms with Gasteiger partial charge in [-0.2, -0.15) is 0 Å². The number of hydrogen-bond acceptors (Lipinski definition) is 3. The molecular weight excluding hydrogens is 284 g/mol. The van der Waals surface area contributed by atoms with Crippen molar-refractivity contribution < 1.29 is 13.2 Å². The molecule has 1 fully saturated rings. The predicted molar refractivity (Wildman–Crippen MR) is 86.7 cm³/mol. The van der Waals surface area contributed by atoms with Gasteiger partial charge in [-0.05, 0) is 49.8 Å². The molecule has 0 saturated heterocycles. The molecule has 0 N–H and O–H groups in total. The van der Waals surface area contributed by atoms with Crippen LogP contribution in [0.25, 0.3) is 0 Å². The SMILES string of the molecule is COc1ccc(CCCS(=O)(=O)C2CCCCC2)cc1C. The molecule has 0 bridgehead atoms. The molecule has 2 rings (SSSR count). The predicted octanol–water partition coefficient (Wildman–Crippen LogP) is 3.68. The Bertz CT molecular complexity index is 557. The van der Waals surface area contributed by atoms with E-state index < -0.39 is 9.84 Å². The molecule has 0 aromatic heterocycles. The minimum absolute atomic E-state index is 0.0798. The fourth-order valence-electron chi connectivity index (χ4n) is 3.16. The van der Waals surface area contributed by atoms with Crippen molar-refractivity contribution in [1.29, 1.82) is 0 Å². The molecule has 0 aliphatic heterocycles. The Morgan fingerprint density at radius 2 is 1.90 bits per heavy atom. The van der Waals surface area contributed by atoms with Crippen molar-refractivity contribution in [2.75, 3.05) is 12.9 Å². The monoisotopic (exact) mass is 310 g/mol. The standard InChI is InChI=1S/C17H26O3S/c1-14-13-15(10-11-17(14)20-2)7-6-12-21(18,19)16-8-4-3-5-9-16/h10-11,13,16H,3-9,12H2,1-2H3. The lowest BCUT2D eigenvalue weighted by molar-refractivity contribution is 0.411. The molecule has 1 aliphatic carbocycles. The molecule has 1 saturated carbocycles. The summed E-state index contributed by atoms with van der Waals surface area (Å²) in [5.41, 5.74) is 2.29. The van der Waals surface area contributed by atoms with Crippen molar-refractivity contribution >= 4 is 9.84 Å². The first-order valence-corrected chi connectivity index (χ1v) is 9.59. The number of ether oxygens (including phenoxy) is 1. The zero-order valence-corrected chi connectivity index (χ0v) is 13.9. The second-order valence-electron chi connectivity index (χ2n) is 6.03. The average Bonchev–Trinajstić information content (AvgIpc) is 2.48. The fourth-order valence-corrected chi connectivity index (χ4v) is 5.10. The van der Waals surface area contributed by atoms with Gasteiger partial charge in [0.25, 0.3) is 0 Å². The van der Waals surface area contributed by atoms with Gasteiger partial charge in [0.2, 0.25) is 0 Å². The molecule has 3 nitrogen and oxygen atoms in total. The average molecular weight is 310 g/mol. The van der Waals surface area contributed by atoms with E-state index in [0.717, 1.165) is 43.4 Å². The van der Waals surface area contributed by atoms with Gasteiger partial charge < -0.3 is 4.74 Å². The van der Waals surface area contributed by atoms with E-state index in [0.29, 0.717) is 12.2 Å². The van der Waals surface area contributed by atoms with Crippen LogP contribution in [0.5, 0.6) is 5.75 Å². The number of sulfone groups is 1. The highest BCUT2D eigenvalue weighted by atomic mass is 32.2. The van der Waals surface area contributed by atoms with Crippen LogP contribution in [-0.2, 0) is 16.3 Å². The molecule has 118 valence electrons. The second kappa shape index (κ2) is 7.30. The summed E-state index contributed by atoms with van der Waals surface area (Å²) >= 11 is 0. The summed E-state index contributed by atoms with van der Waals surface area (Å²) in [6.07, 6.45) is 6.59. The van der Waals surface area contributed by atoms with E-state index in [1.54, 1.807) is 7.11 Å². The van der Waals surface area contributed by atoms with Crippen LogP contribution in [0, 0.1) is 6.92 Å². The summed E-state index contributed by atoms with van der Waals surface area (Å²) in [7, 11) is -1.24. The number of rotatable bonds is 6. The summed E-state index contributed by atoms with van der Waals surface area (Å²) < 4.78 is 29.9. The minimum atomic E-state index is -2.90. The van der Waals surface area contributed by atoms with Gasteiger partial charge in [-0.3, -0.25) is 0 Å². The van der Waals surface area contributed by atoms with Gasteiger partial charge in [-0.25, -0.2) is 8.42 Å². The van der Waals surface area contributed by atoms with E-state index in [-0.39, 0.29) is 5.25 Å². The van der Waals surface area contributed by atoms with Crippen molar-refractivity contribution in [2.24, 2.45) is 0 Å². The Balaban J connectivity index is 1.87. The van der Waals surface area contributed by atoms with Crippen LogP contribution in [0.2, 0.25) is 0 Å². The Hall–Kier alpha value is -1.03. The maximum atomic E-state index is 12.3. The lowest BCUT2D eigenvalue weighted by Gasteiger charge is -2.21. The van der Waals surface area contributed by atoms with Crippen molar-refractivity contribution in [3.05, 3.63) is 29.3 Å². The molecule has 4 heteroatoms. The van der Waals surface area contributed by atoms with E-state index in [4.69, 9.17) is 4.74 Å². The van der Waals surface area contributed by atoms with Gasteiger partial charge in [0.1, 0.15) is 5.75 Å². The van der Waals surface area contributed by atoms with Crippen LogP contribution in [0.4, 0.5) is 0 Å². The van der Waals surface area contributed by atoms with Gasteiger partial charge in [0.05, 0.1) is 18.1 Å². The van der Waals surface area contributed by atoms with Gasteiger partial charge >= 0.3 is 0 Å². The van der Waals surface area contributed by atoms with E-state index in [9.17, 15) is 8.42 Å². The molecule has 1 aliphatic rings. The summed E-state index contributed by atoms with van der Waals surface area (Å²) in [5, 5.41) is -0.0798. The van der Waals surface area contributed by atoms with Crippen LogP contribution in [0.1, 0.15) is 49.7 Å². The zero-order chi connectivity index (χ0) is 15.3. The van der Waals surface area contributed by atoms with Crippen molar-refractivity contribution in [1.82, 2.24) is 0 Å². The normalized spacial score (nSPS) is 16.9. The quantitative estimate of drug-likeness (QED) is 0.805. The van der Waals surface area contributed by atoms with Crippen LogP contribution in [0.15, 0.2) is 18.2 Å². The lowest BCUT2D eigenvalue weighted by Crippen LogP contribution is -2.26. The smallest absolute Gasteiger partial charge is 0.153 e. The number of methoxy groups -OCH3 is 1. The maximum absolute atomic E-state index is 12.3. The molecule has 0 atom stereocenters. The third-order valence-electron chi connectivity index (χ3n) is 4.41. The second-order valence-corrected chi connectivity index (χ2v) is 8.44. The summed E-state index contributed by atoms with van der Waals surface area (Å²) in [4.78, 5) is 0. The summed E-state index contributed by atoms with van der Waals surface area (Å²) in [5.74, 6) is 1.21. The Kier molecular flexibility index (Phi) is 5.68. The van der Waals surface area contributed by atoms with Crippen molar-refractivity contribution in [2.45, 2.75) is 57.1 Å². The molecular formula is C17H26O3S. The molecule has 1 aromatic carbocycles. The van der Waals surface area contributed by atoms with Gasteiger partial charge in [-0.1, -0.05) is 31.4 Å². The first-order valence-electron chi connectivity index (χ1n) is 7.88. The Morgan fingerprint density at radius 1 is 1.19 bits per heavy atom. The van der Waals surface area contributed by atoms with Gasteiger partial charge in [-0.15, -0.1) is 0 Å². The van der Waals surface area contributed by atoms with Crippen LogP contribution in [0.3, 0.4) is 0 Å². The van der Waals surface area contributed by atoms with Crippen LogP contribution < -0.4 is 4.74 Å². The molecule has 1 aromatic rings. The first-order chi connectivity index (χ1) is 10.0. The maximum Gasteiger partial charge on any atom is 0.153 e. The third-order valence-corrected chi connectivity index (χ3v) is 6.76. The number of aryl methyl sites for hydroxylation is 2. The highest BCUT2D eigenvalue weighted by Crippen LogP contribution is 2.25. The zero-order valence-electron chi connectivity index (χ0n) is 13.1. The molecule has 0 heterocycles. The molecule has 21 heavy (non-hydrogen) atoms. The largest absolute Gasteiger partial charge is 0.496 e. The Morgan fingerprint density at radius 3 is 2.52 bits per heavy atom. The van der Waals surface area contributed by atoms with E-state index in [1.165, 1.54) is 12.0 Å². The fraction of sp³-hybridized carbons (Fsp3) is 0.647. The molecule has 0 radical (unpaired) electrons. The molecule has 0 unspecified atom stereocenters. The highest BCUT2D eigenvalue weighted by Gasteiger charge is 2.26. The minimum Gasteiger partial charge on any atom is -0.496 e. The molecule has 0 amide bonds. The van der Waals surface area contributed by atoms with Crippen molar-refractivity contribution in [3.8, 4) is 5.75 Å². The first kappa shape index (κ1) is 16.3. The van der Waals surface area contributed by atoms with E-state index in [2.05, 4.69) is 6.07 Å². The number of benzene rings is 1. The lowest BCUT2D eigenvalue weighted by atomic mass is 10.0. The third kappa shape index (κ3) is 4.47. The van der Waals surface area contributed by atoms with Gasteiger partial charge in [0, 0.05) is 0 Å². The Labute approximate surface area is 128 Å². The molecule has 0 spiro atoms. The summed E-state index contributed by atoms with van der Waals surface area (Å²) in [6, 6.07) is 6.07. The van der Waals surface area contributed by atoms with Crippen LogP contribution >= 0.6 is 0 Å². The van der Waals surface area contributed by atoms with E-state index in [1.807, 2.05) is 19.1 Å². The highest BCUT2D eigenvalue weighted by molar-refractivity contribution is 7.92. The van der Waals surface area contributed by atoms with Gasteiger partial charge in [0.15, 0.2) is 9.84 Å². The van der Waals surface area contributed by atoms with E-state index >= 15 is 0 Å². The van der Waals surface area contributed by atoms with Crippen LogP contribution in [-0.4, -0.2) is 26.5 Å². The van der Waals surface area contributed by atoms with Crippen molar-refractivity contribution in [3.63, 3.8) is 0 Å².